The standard InChI is InChI=1S/C13H22N2S/c1-4-12-15-11(9-16-12)8-14-10-5-6-13(2,3)7-10/h9-10,14H,4-8H2,1-3H3. The number of nitrogens with one attached hydrogen (secondary N) is 1. The first-order chi connectivity index (χ1) is 7.59. The molecule has 90 valence electrons. The number of thiazole rings is 1. The van der Waals surface area contributed by atoms with E-state index in [1.54, 1.807) is 11.3 Å². The maximum atomic E-state index is 4.58. The lowest BCUT2D eigenvalue weighted by Gasteiger charge is -2.17. The summed E-state index contributed by atoms with van der Waals surface area (Å²) in [6, 6.07) is 0.696. The van der Waals surface area contributed by atoms with Gasteiger partial charge in [-0.1, -0.05) is 20.8 Å². The maximum Gasteiger partial charge on any atom is 0.0926 e. The third kappa shape index (κ3) is 3.05. The van der Waals surface area contributed by atoms with Crippen LogP contribution in [-0.2, 0) is 13.0 Å². The van der Waals surface area contributed by atoms with E-state index in [2.05, 4.69) is 36.5 Å². The summed E-state index contributed by atoms with van der Waals surface area (Å²) in [6.07, 6.45) is 5.03. The fraction of sp³-hybridized carbons (Fsp3) is 0.769. The van der Waals surface area contributed by atoms with Crippen molar-refractivity contribution < 1.29 is 0 Å². The van der Waals surface area contributed by atoms with E-state index in [9.17, 15) is 0 Å². The Bertz CT molecular complexity index is 343. The predicted molar refractivity (Wildman–Crippen MR) is 69.8 cm³/mol. The molecule has 0 saturated heterocycles. The predicted octanol–water partition coefficient (Wildman–Crippen LogP) is 3.37. The van der Waals surface area contributed by atoms with Crippen LogP contribution in [0.3, 0.4) is 0 Å². The molecule has 1 aromatic rings. The molecule has 0 amide bonds. The van der Waals surface area contributed by atoms with Gasteiger partial charge in [-0.15, -0.1) is 11.3 Å². The topological polar surface area (TPSA) is 24.9 Å². The second-order valence-corrected chi connectivity index (χ2v) is 6.51. The van der Waals surface area contributed by atoms with Gasteiger partial charge < -0.3 is 5.32 Å². The molecule has 0 aromatic carbocycles. The van der Waals surface area contributed by atoms with E-state index in [1.807, 2.05) is 0 Å². The second kappa shape index (κ2) is 4.84. The molecule has 0 spiro atoms. The van der Waals surface area contributed by atoms with E-state index in [4.69, 9.17) is 0 Å². The molecule has 1 aliphatic rings. The van der Waals surface area contributed by atoms with E-state index >= 15 is 0 Å². The minimum absolute atomic E-state index is 0.536. The molecule has 2 rings (SSSR count). The first-order valence-corrected chi connectivity index (χ1v) is 7.14. The van der Waals surface area contributed by atoms with Gasteiger partial charge in [0.2, 0.25) is 0 Å². The molecule has 1 aromatic heterocycles. The Balaban J connectivity index is 1.80. The summed E-state index contributed by atoms with van der Waals surface area (Å²) < 4.78 is 0. The minimum Gasteiger partial charge on any atom is -0.308 e. The number of aryl methyl sites for hydroxylation is 1. The lowest BCUT2D eigenvalue weighted by atomic mass is 9.92. The Labute approximate surface area is 102 Å². The number of nitrogens with zero attached hydrogens (tertiary/aromatic N) is 1. The zero-order valence-electron chi connectivity index (χ0n) is 10.5. The molecular formula is C13H22N2S. The summed E-state index contributed by atoms with van der Waals surface area (Å²) in [7, 11) is 0. The lowest BCUT2D eigenvalue weighted by Crippen LogP contribution is -2.26. The van der Waals surface area contributed by atoms with Crippen LogP contribution in [-0.4, -0.2) is 11.0 Å². The van der Waals surface area contributed by atoms with Crippen LogP contribution in [0, 0.1) is 5.41 Å². The molecular weight excluding hydrogens is 216 g/mol. The zero-order chi connectivity index (χ0) is 11.6. The van der Waals surface area contributed by atoms with Crippen LogP contribution in [0.5, 0.6) is 0 Å². The fourth-order valence-electron chi connectivity index (χ4n) is 2.45. The van der Waals surface area contributed by atoms with Crippen molar-refractivity contribution in [1.82, 2.24) is 10.3 Å². The van der Waals surface area contributed by atoms with Crippen LogP contribution < -0.4 is 5.32 Å². The Morgan fingerprint density at radius 3 is 2.94 bits per heavy atom. The minimum atomic E-state index is 0.536. The van der Waals surface area contributed by atoms with Crippen LogP contribution >= 0.6 is 11.3 Å². The number of hydrogen-bond donors (Lipinski definition) is 1. The van der Waals surface area contributed by atoms with Crippen LogP contribution in [0.2, 0.25) is 0 Å². The van der Waals surface area contributed by atoms with E-state index in [1.165, 1.54) is 30.0 Å². The van der Waals surface area contributed by atoms with Gasteiger partial charge in [-0.2, -0.15) is 0 Å². The SMILES string of the molecule is CCc1nc(CNC2CCC(C)(C)C2)cs1. The average Bonchev–Trinajstić information content (AvgIpc) is 2.81. The molecule has 3 heteroatoms. The Hall–Kier alpha value is -0.410. The molecule has 1 unspecified atom stereocenters. The highest BCUT2D eigenvalue weighted by atomic mass is 32.1. The van der Waals surface area contributed by atoms with Crippen LogP contribution in [0.1, 0.15) is 50.7 Å². The third-order valence-electron chi connectivity index (χ3n) is 3.44. The second-order valence-electron chi connectivity index (χ2n) is 5.57. The van der Waals surface area contributed by atoms with E-state index < -0.39 is 0 Å². The van der Waals surface area contributed by atoms with E-state index in [-0.39, 0.29) is 0 Å². The molecule has 1 N–H and O–H groups in total. The normalized spacial score (nSPS) is 23.8. The summed E-state index contributed by atoms with van der Waals surface area (Å²) in [5.41, 5.74) is 1.75. The van der Waals surface area contributed by atoms with Gasteiger partial charge in [0.25, 0.3) is 0 Å². The summed E-state index contributed by atoms with van der Waals surface area (Å²) in [5.74, 6) is 0. The zero-order valence-corrected chi connectivity index (χ0v) is 11.4. The van der Waals surface area contributed by atoms with Gasteiger partial charge in [-0.05, 0) is 31.1 Å². The van der Waals surface area contributed by atoms with Crippen molar-refractivity contribution in [3.63, 3.8) is 0 Å². The van der Waals surface area contributed by atoms with Gasteiger partial charge in [-0.3, -0.25) is 0 Å². The molecule has 0 bridgehead atoms. The molecule has 1 heterocycles. The highest BCUT2D eigenvalue weighted by molar-refractivity contribution is 7.09. The molecule has 0 radical (unpaired) electrons. The smallest absolute Gasteiger partial charge is 0.0926 e. The van der Waals surface area contributed by atoms with Gasteiger partial charge in [0.15, 0.2) is 0 Å². The first kappa shape index (κ1) is 12.1. The summed E-state index contributed by atoms with van der Waals surface area (Å²) in [5, 5.41) is 7.07. The van der Waals surface area contributed by atoms with Crippen molar-refractivity contribution in [2.24, 2.45) is 5.41 Å². The highest BCUT2D eigenvalue weighted by Crippen LogP contribution is 2.36. The monoisotopic (exact) mass is 238 g/mol. The molecule has 1 aliphatic carbocycles. The maximum absolute atomic E-state index is 4.58. The lowest BCUT2D eigenvalue weighted by molar-refractivity contribution is 0.364. The summed E-state index contributed by atoms with van der Waals surface area (Å²) >= 11 is 1.78. The number of rotatable bonds is 4. The van der Waals surface area contributed by atoms with Gasteiger partial charge in [0.1, 0.15) is 0 Å². The van der Waals surface area contributed by atoms with Crippen LogP contribution in [0.15, 0.2) is 5.38 Å². The molecule has 16 heavy (non-hydrogen) atoms. The Kier molecular flexibility index (Phi) is 3.65. The van der Waals surface area contributed by atoms with E-state index in [0.29, 0.717) is 11.5 Å². The number of aromatic nitrogens is 1. The van der Waals surface area contributed by atoms with Gasteiger partial charge in [0, 0.05) is 18.0 Å². The average molecular weight is 238 g/mol. The van der Waals surface area contributed by atoms with Crippen molar-refractivity contribution in [2.45, 2.75) is 59.0 Å². The van der Waals surface area contributed by atoms with Crippen LogP contribution in [0.25, 0.3) is 0 Å². The van der Waals surface area contributed by atoms with Gasteiger partial charge in [0.05, 0.1) is 10.7 Å². The van der Waals surface area contributed by atoms with Gasteiger partial charge >= 0.3 is 0 Å². The Morgan fingerprint density at radius 1 is 1.56 bits per heavy atom. The number of hydrogen-bond acceptors (Lipinski definition) is 3. The highest BCUT2D eigenvalue weighted by Gasteiger charge is 2.30. The molecule has 1 saturated carbocycles. The van der Waals surface area contributed by atoms with Crippen molar-refractivity contribution in [1.29, 1.82) is 0 Å². The van der Waals surface area contributed by atoms with Gasteiger partial charge in [-0.25, -0.2) is 4.98 Å². The van der Waals surface area contributed by atoms with E-state index in [0.717, 1.165) is 13.0 Å². The first-order valence-electron chi connectivity index (χ1n) is 6.26. The van der Waals surface area contributed by atoms with Crippen LogP contribution in [0.4, 0.5) is 0 Å². The summed E-state index contributed by atoms with van der Waals surface area (Å²) in [4.78, 5) is 4.58. The largest absolute Gasteiger partial charge is 0.308 e. The van der Waals surface area contributed by atoms with Crippen molar-refractivity contribution in [3.05, 3.63) is 16.1 Å². The van der Waals surface area contributed by atoms with Crippen molar-refractivity contribution in [2.75, 3.05) is 0 Å². The third-order valence-corrected chi connectivity index (χ3v) is 4.48. The molecule has 0 aliphatic heterocycles. The quantitative estimate of drug-likeness (QED) is 0.870. The van der Waals surface area contributed by atoms with Crippen molar-refractivity contribution in [3.8, 4) is 0 Å². The molecule has 1 fully saturated rings. The summed E-state index contributed by atoms with van der Waals surface area (Å²) in [6.45, 7) is 7.84. The fourth-order valence-corrected chi connectivity index (χ4v) is 3.20. The van der Waals surface area contributed by atoms with Crippen molar-refractivity contribution >= 4 is 11.3 Å². The molecule has 2 nitrogen and oxygen atoms in total. The molecule has 1 atom stereocenters. The Morgan fingerprint density at radius 2 is 2.38 bits per heavy atom.